The number of carbonyl (C=O) groups excluding carboxylic acids is 1. The van der Waals surface area contributed by atoms with E-state index in [0.717, 1.165) is 5.69 Å². The number of para-hydroxylation sites is 1. The fraction of sp³-hybridized carbons (Fsp3) is 0. The number of benzene rings is 1. The summed E-state index contributed by atoms with van der Waals surface area (Å²) in [5.41, 5.74) is 6.92. The zero-order valence-corrected chi connectivity index (χ0v) is 10.9. The molecule has 7 nitrogen and oxygen atoms in total. The Balaban J connectivity index is 2.03. The summed E-state index contributed by atoms with van der Waals surface area (Å²) in [6, 6.07) is 9.24. The van der Waals surface area contributed by atoms with Crippen LogP contribution in [0.4, 0.5) is 5.82 Å². The molecule has 0 radical (unpaired) electrons. The molecule has 0 amide bonds. The van der Waals surface area contributed by atoms with E-state index in [2.05, 4.69) is 15.3 Å². The van der Waals surface area contributed by atoms with Crippen molar-refractivity contribution in [1.29, 1.82) is 0 Å². The number of anilines is 1. The molecule has 0 bridgehead atoms. The summed E-state index contributed by atoms with van der Waals surface area (Å²) in [5, 5.41) is 10.2. The minimum Gasteiger partial charge on any atom is -0.406 e. The molecule has 3 rings (SSSR count). The molecule has 0 aliphatic rings. The monoisotopic (exact) mass is 287 g/mol. The second kappa shape index (κ2) is 4.74. The van der Waals surface area contributed by atoms with Crippen LogP contribution in [0.2, 0.25) is 0 Å². The Morgan fingerprint density at radius 2 is 2.10 bits per heavy atom. The Bertz CT molecular complexity index is 818. The van der Waals surface area contributed by atoms with E-state index in [4.69, 9.17) is 22.4 Å². The average Bonchev–Trinajstić information content (AvgIpc) is 3.05. The smallest absolute Gasteiger partial charge is 0.287 e. The maximum Gasteiger partial charge on any atom is 0.287 e. The summed E-state index contributed by atoms with van der Waals surface area (Å²) in [6.07, 6.45) is 1.37. The van der Waals surface area contributed by atoms with Gasteiger partial charge < -0.3 is 10.2 Å². The fourth-order valence-electron chi connectivity index (χ4n) is 1.75. The highest BCUT2D eigenvalue weighted by Gasteiger charge is 2.21. The topological polar surface area (TPSA) is 103 Å². The van der Waals surface area contributed by atoms with E-state index in [1.807, 2.05) is 30.3 Å². The SMILES string of the molecule is Nc1c(C(=O)c2n[nH]c(=S)o2)cnn1-c1ccccc1. The molecule has 0 fully saturated rings. The normalized spacial score (nSPS) is 10.6. The summed E-state index contributed by atoms with van der Waals surface area (Å²) in [5.74, 6) is -0.406. The van der Waals surface area contributed by atoms with E-state index in [1.165, 1.54) is 10.9 Å². The lowest BCUT2D eigenvalue weighted by Crippen LogP contribution is -2.07. The van der Waals surface area contributed by atoms with Crippen molar-refractivity contribution in [3.8, 4) is 5.69 Å². The molecule has 0 saturated heterocycles. The number of ketones is 1. The standard InChI is InChI=1S/C12H9N5O2S/c13-10-8(9(18)11-15-16-12(20)19-11)6-14-17(10)7-4-2-1-3-5-7/h1-6H,13H2,(H,16,20). The van der Waals surface area contributed by atoms with Gasteiger partial charge in [0.05, 0.1) is 17.4 Å². The third-order valence-corrected chi connectivity index (χ3v) is 2.86. The van der Waals surface area contributed by atoms with Gasteiger partial charge in [0, 0.05) is 0 Å². The Hall–Kier alpha value is -2.74. The van der Waals surface area contributed by atoms with Crippen LogP contribution < -0.4 is 5.73 Å². The first-order valence-corrected chi connectivity index (χ1v) is 6.07. The van der Waals surface area contributed by atoms with E-state index in [-0.39, 0.29) is 22.1 Å². The minimum atomic E-state index is -0.475. The number of aromatic nitrogens is 4. The Morgan fingerprint density at radius 3 is 2.75 bits per heavy atom. The van der Waals surface area contributed by atoms with Crippen LogP contribution in [0.1, 0.15) is 16.2 Å². The maximum atomic E-state index is 12.2. The van der Waals surface area contributed by atoms with Gasteiger partial charge in [-0.15, -0.1) is 5.10 Å². The molecule has 2 aromatic heterocycles. The minimum absolute atomic E-state index is 0.0300. The van der Waals surface area contributed by atoms with Crippen LogP contribution in [0.25, 0.3) is 5.69 Å². The molecular formula is C12H9N5O2S. The number of nitrogens with two attached hydrogens (primary N) is 1. The molecule has 8 heteroatoms. The van der Waals surface area contributed by atoms with Gasteiger partial charge in [-0.3, -0.25) is 4.79 Å². The van der Waals surface area contributed by atoms with Crippen molar-refractivity contribution in [3.05, 3.63) is 52.8 Å². The second-order valence-corrected chi connectivity index (χ2v) is 4.31. The molecule has 3 N–H and O–H groups in total. The van der Waals surface area contributed by atoms with Crippen molar-refractivity contribution in [2.45, 2.75) is 0 Å². The zero-order chi connectivity index (χ0) is 14.1. The Labute approximate surface area is 118 Å². The molecule has 20 heavy (non-hydrogen) atoms. The van der Waals surface area contributed by atoms with Crippen molar-refractivity contribution < 1.29 is 9.21 Å². The number of rotatable bonds is 3. The Kier molecular flexibility index (Phi) is 2.92. The summed E-state index contributed by atoms with van der Waals surface area (Å²) in [7, 11) is 0. The number of hydrogen-bond donors (Lipinski definition) is 2. The number of carbonyl (C=O) groups is 1. The average molecular weight is 287 g/mol. The lowest BCUT2D eigenvalue weighted by atomic mass is 10.2. The van der Waals surface area contributed by atoms with Crippen LogP contribution in [0, 0.1) is 4.84 Å². The van der Waals surface area contributed by atoms with Crippen molar-refractivity contribution in [1.82, 2.24) is 20.0 Å². The van der Waals surface area contributed by atoms with Crippen molar-refractivity contribution in [2.75, 3.05) is 5.73 Å². The number of nitrogen functional groups attached to an aromatic ring is 1. The van der Waals surface area contributed by atoms with E-state index in [1.54, 1.807) is 0 Å². The highest BCUT2D eigenvalue weighted by atomic mass is 32.1. The first-order valence-electron chi connectivity index (χ1n) is 5.66. The molecule has 1 aromatic carbocycles. The van der Waals surface area contributed by atoms with Gasteiger partial charge in [-0.25, -0.2) is 9.78 Å². The third-order valence-electron chi connectivity index (χ3n) is 2.68. The summed E-state index contributed by atoms with van der Waals surface area (Å²) < 4.78 is 6.44. The van der Waals surface area contributed by atoms with Crippen molar-refractivity contribution in [3.63, 3.8) is 0 Å². The van der Waals surface area contributed by atoms with Gasteiger partial charge in [-0.05, 0) is 24.4 Å². The van der Waals surface area contributed by atoms with Gasteiger partial charge >= 0.3 is 0 Å². The number of H-pyrrole nitrogens is 1. The number of aromatic amines is 1. The summed E-state index contributed by atoms with van der Waals surface area (Å²) in [6.45, 7) is 0. The van der Waals surface area contributed by atoms with Crippen molar-refractivity contribution in [2.24, 2.45) is 0 Å². The molecule has 0 aliphatic carbocycles. The highest BCUT2D eigenvalue weighted by Crippen LogP contribution is 2.19. The predicted molar refractivity (Wildman–Crippen MR) is 73.1 cm³/mol. The lowest BCUT2D eigenvalue weighted by molar-refractivity contribution is 0.100. The maximum absolute atomic E-state index is 12.2. The van der Waals surface area contributed by atoms with Crippen LogP contribution in [0.15, 0.2) is 40.9 Å². The van der Waals surface area contributed by atoms with Crippen LogP contribution in [-0.4, -0.2) is 25.8 Å². The van der Waals surface area contributed by atoms with Crippen molar-refractivity contribution >= 4 is 23.8 Å². The zero-order valence-electron chi connectivity index (χ0n) is 10.1. The summed E-state index contributed by atoms with van der Waals surface area (Å²) in [4.78, 5) is 12.2. The van der Waals surface area contributed by atoms with Gasteiger partial charge in [0.2, 0.25) is 0 Å². The second-order valence-electron chi connectivity index (χ2n) is 3.94. The molecule has 0 saturated carbocycles. The number of nitrogens with one attached hydrogen (secondary N) is 1. The van der Waals surface area contributed by atoms with E-state index in [9.17, 15) is 4.79 Å². The molecule has 0 spiro atoms. The van der Waals surface area contributed by atoms with E-state index in [0.29, 0.717) is 0 Å². The highest BCUT2D eigenvalue weighted by molar-refractivity contribution is 7.71. The van der Waals surface area contributed by atoms with Crippen LogP contribution in [-0.2, 0) is 0 Å². The molecule has 0 atom stereocenters. The van der Waals surface area contributed by atoms with Gasteiger partial charge in [0.15, 0.2) is 0 Å². The fourth-order valence-corrected chi connectivity index (χ4v) is 1.87. The van der Waals surface area contributed by atoms with Gasteiger partial charge in [-0.1, -0.05) is 18.2 Å². The van der Waals surface area contributed by atoms with Gasteiger partial charge in [-0.2, -0.15) is 5.10 Å². The molecule has 2 heterocycles. The Morgan fingerprint density at radius 1 is 1.35 bits per heavy atom. The molecular weight excluding hydrogens is 278 g/mol. The predicted octanol–water partition coefficient (Wildman–Crippen LogP) is 1.73. The van der Waals surface area contributed by atoms with Crippen LogP contribution in [0.3, 0.4) is 0 Å². The van der Waals surface area contributed by atoms with E-state index >= 15 is 0 Å². The summed E-state index contributed by atoms with van der Waals surface area (Å²) >= 11 is 4.73. The van der Waals surface area contributed by atoms with Gasteiger partial charge in [0.25, 0.3) is 16.5 Å². The molecule has 0 aliphatic heterocycles. The molecule has 0 unspecified atom stereocenters. The van der Waals surface area contributed by atoms with E-state index < -0.39 is 5.78 Å². The number of nitrogens with zero attached hydrogens (tertiary/aromatic N) is 3. The first-order chi connectivity index (χ1) is 9.66. The lowest BCUT2D eigenvalue weighted by Gasteiger charge is -2.03. The quantitative estimate of drug-likeness (QED) is 0.561. The van der Waals surface area contributed by atoms with Crippen LogP contribution in [0.5, 0.6) is 0 Å². The van der Waals surface area contributed by atoms with Gasteiger partial charge in [0.1, 0.15) is 5.82 Å². The number of hydrogen-bond acceptors (Lipinski definition) is 6. The van der Waals surface area contributed by atoms with Crippen LogP contribution >= 0.6 is 12.2 Å². The third kappa shape index (κ3) is 2.01. The largest absolute Gasteiger partial charge is 0.406 e. The first kappa shape index (κ1) is 12.3. The molecule has 100 valence electrons. The molecule has 3 aromatic rings.